The maximum atomic E-state index is 12.9. The lowest BCUT2D eigenvalue weighted by atomic mass is 10.2. The van der Waals surface area contributed by atoms with Crippen LogP contribution in [-0.4, -0.2) is 37.4 Å². The fourth-order valence-electron chi connectivity index (χ4n) is 3.23. The van der Waals surface area contributed by atoms with E-state index in [1.165, 1.54) is 6.42 Å². The summed E-state index contributed by atoms with van der Waals surface area (Å²) >= 11 is 1.55. The molecule has 0 atom stereocenters. The Bertz CT molecular complexity index is 1020. The van der Waals surface area contributed by atoms with E-state index >= 15 is 0 Å². The molecule has 3 heterocycles. The molecule has 0 radical (unpaired) electrons. The van der Waals surface area contributed by atoms with Crippen LogP contribution in [0, 0.1) is 0 Å². The third-order valence-electron chi connectivity index (χ3n) is 4.54. The fraction of sp³-hybridized carbons (Fsp3) is 0.450. The Hall–Kier alpha value is -2.33. The molecule has 0 saturated heterocycles. The molecule has 0 bridgehead atoms. The predicted molar refractivity (Wildman–Crippen MR) is 111 cm³/mol. The molecule has 4 rings (SSSR count). The summed E-state index contributed by atoms with van der Waals surface area (Å²) in [5.41, 5.74) is 1.57. The van der Waals surface area contributed by atoms with Crippen molar-refractivity contribution < 1.29 is 18.3 Å². The van der Waals surface area contributed by atoms with Gasteiger partial charge in [-0.2, -0.15) is 13.2 Å². The maximum absolute atomic E-state index is 12.9. The maximum Gasteiger partial charge on any atom is 0.433 e. The zero-order chi connectivity index (χ0) is 21.9. The molecule has 0 saturated carbocycles. The van der Waals surface area contributed by atoms with E-state index in [4.69, 9.17) is 0 Å². The van der Waals surface area contributed by atoms with E-state index in [0.717, 1.165) is 39.6 Å². The first-order valence-corrected chi connectivity index (χ1v) is 10.9. The van der Waals surface area contributed by atoms with Gasteiger partial charge in [-0.15, -0.1) is 11.8 Å². The quantitative estimate of drug-likeness (QED) is 0.607. The molecule has 162 valence electrons. The number of aliphatic hydroxyl groups is 1. The van der Waals surface area contributed by atoms with Crippen molar-refractivity contribution in [2.24, 2.45) is 0 Å². The van der Waals surface area contributed by atoms with Gasteiger partial charge < -0.3 is 14.6 Å². The van der Waals surface area contributed by atoms with Gasteiger partial charge in [0, 0.05) is 24.2 Å². The van der Waals surface area contributed by atoms with Gasteiger partial charge in [0.1, 0.15) is 11.5 Å². The Balaban J connectivity index is 0.000000806. The average molecular weight is 440 g/mol. The molecule has 0 amide bonds. The molecule has 1 aliphatic heterocycles. The van der Waals surface area contributed by atoms with E-state index in [1.54, 1.807) is 16.7 Å². The first-order chi connectivity index (χ1) is 14.3. The number of hydrogen-bond donors (Lipinski definition) is 1. The van der Waals surface area contributed by atoms with Crippen molar-refractivity contribution in [2.45, 2.75) is 51.0 Å². The van der Waals surface area contributed by atoms with Gasteiger partial charge in [0.15, 0.2) is 0 Å². The predicted octanol–water partition coefficient (Wildman–Crippen LogP) is 4.50. The van der Waals surface area contributed by atoms with Crippen LogP contribution in [0.5, 0.6) is 0 Å². The number of hydrogen-bond acceptors (Lipinski definition) is 6. The Kier molecular flexibility index (Phi) is 6.87. The summed E-state index contributed by atoms with van der Waals surface area (Å²) in [5, 5.41) is 9.53. The minimum atomic E-state index is -4.50. The van der Waals surface area contributed by atoms with Crippen molar-refractivity contribution in [3.8, 4) is 0 Å². The molecule has 0 unspecified atom stereocenters. The molecule has 3 aromatic rings. The van der Waals surface area contributed by atoms with E-state index < -0.39 is 11.9 Å². The minimum Gasteiger partial charge on any atom is -0.392 e. The molecular weight excluding hydrogens is 415 g/mol. The number of aromatic nitrogens is 4. The number of halogens is 3. The number of benzene rings is 1. The van der Waals surface area contributed by atoms with Crippen LogP contribution in [0.3, 0.4) is 0 Å². The number of alkyl halides is 3. The van der Waals surface area contributed by atoms with Crippen molar-refractivity contribution >= 4 is 28.7 Å². The molecular formula is C20H24F3N5OS. The van der Waals surface area contributed by atoms with Crippen LogP contribution in [0.1, 0.15) is 37.4 Å². The van der Waals surface area contributed by atoms with E-state index in [9.17, 15) is 18.3 Å². The first kappa shape index (κ1) is 22.4. The summed E-state index contributed by atoms with van der Waals surface area (Å²) in [6.07, 6.45) is -0.183. The zero-order valence-electron chi connectivity index (χ0n) is 17.1. The number of rotatable bonds is 3. The molecule has 1 aliphatic rings. The Morgan fingerprint density at radius 3 is 2.53 bits per heavy atom. The van der Waals surface area contributed by atoms with Crippen molar-refractivity contribution in [1.82, 2.24) is 19.5 Å². The van der Waals surface area contributed by atoms with Gasteiger partial charge in [-0.05, 0) is 30.0 Å². The van der Waals surface area contributed by atoms with Gasteiger partial charge in [0.05, 0.1) is 24.2 Å². The molecule has 1 N–H and O–H groups in total. The smallest absolute Gasteiger partial charge is 0.392 e. The summed E-state index contributed by atoms with van der Waals surface area (Å²) in [5.74, 6) is 0.781. The summed E-state index contributed by atoms with van der Waals surface area (Å²) in [7, 11) is 0. The highest BCUT2D eigenvalue weighted by molar-refractivity contribution is 7.98. The number of aliphatic hydroxyl groups excluding tert-OH is 1. The Morgan fingerprint density at radius 2 is 1.90 bits per heavy atom. The lowest BCUT2D eigenvalue weighted by molar-refractivity contribution is -0.141. The molecule has 2 aromatic heterocycles. The van der Waals surface area contributed by atoms with E-state index in [1.807, 2.05) is 18.4 Å². The third-order valence-corrected chi connectivity index (χ3v) is 5.36. The lowest BCUT2D eigenvalue weighted by Gasteiger charge is -2.28. The molecule has 0 spiro atoms. The lowest BCUT2D eigenvalue weighted by Crippen LogP contribution is -2.35. The van der Waals surface area contributed by atoms with Crippen molar-refractivity contribution in [2.75, 3.05) is 17.7 Å². The monoisotopic (exact) mass is 439 g/mol. The summed E-state index contributed by atoms with van der Waals surface area (Å²) in [4.78, 5) is 14.9. The van der Waals surface area contributed by atoms with Crippen LogP contribution in [-0.2, 0) is 25.9 Å². The number of thioether (sulfide) groups is 1. The second kappa shape index (κ2) is 9.22. The van der Waals surface area contributed by atoms with E-state index in [2.05, 4.69) is 33.4 Å². The molecule has 10 heteroatoms. The van der Waals surface area contributed by atoms with Crippen LogP contribution in [0.4, 0.5) is 19.1 Å². The average Bonchev–Trinajstić information content (AvgIpc) is 3.09. The van der Waals surface area contributed by atoms with Crippen LogP contribution >= 0.6 is 11.8 Å². The van der Waals surface area contributed by atoms with Gasteiger partial charge >= 0.3 is 6.18 Å². The van der Waals surface area contributed by atoms with Crippen molar-refractivity contribution in [3.05, 3.63) is 41.5 Å². The van der Waals surface area contributed by atoms with E-state index in [-0.39, 0.29) is 12.6 Å². The number of fused-ring (bicyclic) bond motifs is 3. The molecule has 0 aliphatic carbocycles. The van der Waals surface area contributed by atoms with Crippen molar-refractivity contribution in [3.63, 3.8) is 0 Å². The number of imidazole rings is 1. The van der Waals surface area contributed by atoms with Crippen LogP contribution < -0.4 is 4.90 Å². The number of anilines is 1. The summed E-state index contributed by atoms with van der Waals surface area (Å²) in [6.45, 7) is 5.55. The summed E-state index contributed by atoms with van der Waals surface area (Å²) in [6, 6.07) is 4.72. The van der Waals surface area contributed by atoms with Crippen LogP contribution in [0.15, 0.2) is 29.3 Å². The van der Waals surface area contributed by atoms with Gasteiger partial charge in [-0.3, -0.25) is 0 Å². The van der Waals surface area contributed by atoms with Crippen LogP contribution in [0.2, 0.25) is 0 Å². The highest BCUT2D eigenvalue weighted by atomic mass is 32.2. The summed E-state index contributed by atoms with van der Waals surface area (Å²) < 4.78 is 40.8. The van der Waals surface area contributed by atoms with Gasteiger partial charge in [0.25, 0.3) is 0 Å². The van der Waals surface area contributed by atoms with Crippen molar-refractivity contribution in [1.29, 1.82) is 0 Å². The standard InChI is InChI=1S/C17H16F3N5OS.C3H8/c1-27-13-7-12-11(6-10(13)9-26)22-15-8-24(4-5-25(12)15)16-21-3-2-14(23-16)17(18,19)20;1-3-2/h2-3,6-7,26H,4-5,8-9H2,1H3;3H2,1-2H3. The zero-order valence-corrected chi connectivity index (χ0v) is 17.9. The SMILES string of the molecule is CCC.CSc1cc2c(cc1CO)nc1n2CCN(c2nccc(C(F)(F)F)n2)C1. The normalized spacial score (nSPS) is 13.8. The Morgan fingerprint density at radius 1 is 1.17 bits per heavy atom. The number of nitrogens with zero attached hydrogens (tertiary/aromatic N) is 5. The molecule has 30 heavy (non-hydrogen) atoms. The second-order valence-corrected chi connectivity index (χ2v) is 7.71. The first-order valence-electron chi connectivity index (χ1n) is 9.64. The minimum absolute atomic E-state index is 0.0454. The third kappa shape index (κ3) is 4.54. The molecule has 6 nitrogen and oxygen atoms in total. The van der Waals surface area contributed by atoms with Gasteiger partial charge in [-0.1, -0.05) is 20.3 Å². The van der Waals surface area contributed by atoms with Gasteiger partial charge in [0.2, 0.25) is 5.95 Å². The second-order valence-electron chi connectivity index (χ2n) is 6.86. The molecule has 0 fully saturated rings. The Labute approximate surface area is 177 Å². The fourth-order valence-corrected chi connectivity index (χ4v) is 3.84. The highest BCUT2D eigenvalue weighted by Gasteiger charge is 2.33. The topological polar surface area (TPSA) is 67.1 Å². The highest BCUT2D eigenvalue weighted by Crippen LogP contribution is 2.31. The molecule has 1 aromatic carbocycles. The van der Waals surface area contributed by atoms with E-state index in [0.29, 0.717) is 19.6 Å². The van der Waals surface area contributed by atoms with Gasteiger partial charge in [-0.25, -0.2) is 15.0 Å². The largest absolute Gasteiger partial charge is 0.433 e. The van der Waals surface area contributed by atoms with Crippen LogP contribution in [0.25, 0.3) is 11.0 Å².